The van der Waals surface area contributed by atoms with Gasteiger partial charge in [-0.2, -0.15) is 0 Å². The van der Waals surface area contributed by atoms with Crippen LogP contribution in [0.25, 0.3) is 0 Å². The summed E-state index contributed by atoms with van der Waals surface area (Å²) in [5.41, 5.74) is 0. The van der Waals surface area contributed by atoms with E-state index < -0.39 is 12.3 Å². The van der Waals surface area contributed by atoms with Gasteiger partial charge in [-0.05, 0) is 12.3 Å². The van der Waals surface area contributed by atoms with E-state index in [0.717, 1.165) is 0 Å². The molecule has 65 valence electrons. The Balaban J connectivity index is -0.0000000112. The van der Waals surface area contributed by atoms with Crippen molar-refractivity contribution in [2.75, 3.05) is 0 Å². The first-order valence-electron chi connectivity index (χ1n) is 1.22. The van der Waals surface area contributed by atoms with E-state index in [4.69, 9.17) is 30.0 Å². The maximum Gasteiger partial charge on any atom is 2.00 e. The third-order valence-electron chi connectivity index (χ3n) is 0. The minimum atomic E-state index is -2.33. The van der Waals surface area contributed by atoms with Crippen molar-refractivity contribution < 1.29 is 101 Å². The zero-order chi connectivity index (χ0) is 7.15. The Hall–Kier alpha value is 0.735. The van der Waals surface area contributed by atoms with Crippen molar-refractivity contribution in [3.63, 3.8) is 0 Å². The van der Waals surface area contributed by atoms with Gasteiger partial charge < -0.3 is 30.0 Å². The van der Waals surface area contributed by atoms with E-state index in [1.54, 1.807) is 0 Å². The van der Waals surface area contributed by atoms with E-state index >= 15 is 0 Å². The Morgan fingerprint density at radius 3 is 0.750 bits per heavy atom. The van der Waals surface area contributed by atoms with Crippen LogP contribution in [0.15, 0.2) is 0 Å². The average molecular weight is 252 g/mol. The fourth-order valence-corrected chi connectivity index (χ4v) is 0. The standard InChI is InChI=1S/2CH2O3.Co.2Li.Ni/c2*2-1(3)4;;;;/h2*(H2,2,3,4);;;;/q;;+2;2*+1;/p-4. The molecule has 1 radical (unpaired) electrons. The van der Waals surface area contributed by atoms with Crippen molar-refractivity contribution in [1.29, 1.82) is 0 Å². The number of carbonyl (C=O) groups excluding carboxylic acids is 2. The molecule has 0 atom stereocenters. The third kappa shape index (κ3) is 1880. The molecule has 0 fully saturated rings. The largest absolute Gasteiger partial charge is 2.00 e. The predicted octanol–water partition coefficient (Wildman–Crippen LogP) is -10.9. The van der Waals surface area contributed by atoms with Crippen molar-refractivity contribution >= 4 is 12.3 Å². The van der Waals surface area contributed by atoms with Gasteiger partial charge in [-0.25, -0.2) is 0 Å². The number of hydrogen-bond donors (Lipinski definition) is 0. The quantitative estimate of drug-likeness (QED) is 0.393. The molecular formula is C2CoLi2NiO6. The zero-order valence-corrected chi connectivity index (χ0v) is 8.13. The van der Waals surface area contributed by atoms with Crippen LogP contribution in [0.2, 0.25) is 0 Å². The molecular weight excluding hydrogens is 252 g/mol. The van der Waals surface area contributed by atoms with Gasteiger partial charge in [-0.3, -0.25) is 0 Å². The smallest absolute Gasteiger partial charge is 0.652 e. The van der Waals surface area contributed by atoms with E-state index in [0.29, 0.717) is 0 Å². The van der Waals surface area contributed by atoms with Crippen LogP contribution in [0.1, 0.15) is 0 Å². The molecule has 0 rings (SSSR count). The molecule has 6 nitrogen and oxygen atoms in total. The summed E-state index contributed by atoms with van der Waals surface area (Å²) in [6.07, 6.45) is -4.67. The molecule has 0 aromatic rings. The maximum atomic E-state index is 8.33. The molecule has 0 aromatic heterocycles. The van der Waals surface area contributed by atoms with Gasteiger partial charge in [-0.1, -0.05) is 0 Å². The Morgan fingerprint density at radius 2 is 0.750 bits per heavy atom. The molecule has 0 heterocycles. The van der Waals surface area contributed by atoms with E-state index in [-0.39, 0.29) is 71.0 Å². The van der Waals surface area contributed by atoms with Crippen LogP contribution >= 0.6 is 0 Å². The van der Waals surface area contributed by atoms with E-state index in [9.17, 15) is 0 Å². The van der Waals surface area contributed by atoms with E-state index in [2.05, 4.69) is 0 Å². The molecule has 0 unspecified atom stereocenters. The van der Waals surface area contributed by atoms with Crippen LogP contribution in [0.5, 0.6) is 0 Å². The Labute approximate surface area is 113 Å². The van der Waals surface area contributed by atoms with Gasteiger partial charge >= 0.3 is 54.5 Å². The molecule has 0 aliphatic rings. The molecule has 0 aromatic carbocycles. The first-order chi connectivity index (χ1) is 3.46. The second-order valence-corrected chi connectivity index (χ2v) is 0.500. The summed E-state index contributed by atoms with van der Waals surface area (Å²) in [7, 11) is 0. The van der Waals surface area contributed by atoms with Crippen molar-refractivity contribution in [3.8, 4) is 0 Å². The summed E-state index contributed by atoms with van der Waals surface area (Å²) >= 11 is 0. The number of hydrogen-bond acceptors (Lipinski definition) is 6. The third-order valence-corrected chi connectivity index (χ3v) is 0. The van der Waals surface area contributed by atoms with Gasteiger partial charge in [0.05, 0.1) is 0 Å². The fourth-order valence-electron chi connectivity index (χ4n) is 0. The Kier molecular flexibility index (Phi) is 96.1. The summed E-state index contributed by atoms with van der Waals surface area (Å²) in [4.78, 5) is 16.7. The molecule has 0 bridgehead atoms. The molecule has 0 aliphatic heterocycles. The van der Waals surface area contributed by atoms with Crippen molar-refractivity contribution in [2.24, 2.45) is 0 Å². The van der Waals surface area contributed by atoms with Crippen molar-refractivity contribution in [3.05, 3.63) is 0 Å². The summed E-state index contributed by atoms with van der Waals surface area (Å²) in [5, 5.41) is 33.3. The van der Waals surface area contributed by atoms with Crippen LogP contribution in [0, 0.1) is 0 Å². The molecule has 0 saturated heterocycles. The monoisotopic (exact) mass is 251 g/mol. The van der Waals surface area contributed by atoms with Crippen LogP contribution in [-0.4, -0.2) is 12.3 Å². The molecule has 0 saturated carbocycles. The predicted molar refractivity (Wildman–Crippen MR) is 10.8 cm³/mol. The molecule has 0 spiro atoms. The minimum Gasteiger partial charge on any atom is -0.652 e. The van der Waals surface area contributed by atoms with E-state index in [1.165, 1.54) is 0 Å². The van der Waals surface area contributed by atoms with Crippen molar-refractivity contribution in [1.82, 2.24) is 0 Å². The topological polar surface area (TPSA) is 126 Å². The second kappa shape index (κ2) is 29.8. The molecule has 0 aliphatic carbocycles. The van der Waals surface area contributed by atoms with Gasteiger partial charge in [0.15, 0.2) is 0 Å². The molecule has 0 N–H and O–H groups in total. The molecule has 12 heavy (non-hydrogen) atoms. The SMILES string of the molecule is O=C([O-])[O-].O=C([O-])[O-].[Co+2].[Li+].[Li+].[Ni]. The number of carbonyl (C=O) groups is 2. The summed E-state index contributed by atoms with van der Waals surface area (Å²) < 4.78 is 0. The fraction of sp³-hybridized carbons (Fsp3) is 0. The molecule has 10 heteroatoms. The average Bonchev–Trinajstić information content (AvgIpc) is 1.25. The summed E-state index contributed by atoms with van der Waals surface area (Å²) in [6, 6.07) is 0. The van der Waals surface area contributed by atoms with Gasteiger partial charge in [0.1, 0.15) is 0 Å². The summed E-state index contributed by atoms with van der Waals surface area (Å²) in [6.45, 7) is 0. The van der Waals surface area contributed by atoms with Crippen LogP contribution in [0.3, 0.4) is 0 Å². The second-order valence-electron chi connectivity index (χ2n) is 0.500. The Morgan fingerprint density at radius 1 is 0.750 bits per heavy atom. The number of carboxylic acid groups (broad SMARTS) is 4. The van der Waals surface area contributed by atoms with Crippen LogP contribution in [-0.2, 0) is 33.3 Å². The van der Waals surface area contributed by atoms with Gasteiger partial charge in [0, 0.05) is 16.5 Å². The first kappa shape index (κ1) is 38.7. The van der Waals surface area contributed by atoms with Gasteiger partial charge in [0.25, 0.3) is 0 Å². The summed E-state index contributed by atoms with van der Waals surface area (Å²) in [5.74, 6) is 0. The number of rotatable bonds is 0. The van der Waals surface area contributed by atoms with E-state index in [1.807, 2.05) is 0 Å². The molecule has 0 amide bonds. The van der Waals surface area contributed by atoms with Crippen LogP contribution in [0.4, 0.5) is 9.59 Å². The maximum absolute atomic E-state index is 8.33. The Bertz CT molecular complexity index is 81.5. The van der Waals surface area contributed by atoms with Crippen LogP contribution < -0.4 is 58.1 Å². The zero-order valence-electron chi connectivity index (χ0n) is 6.10. The normalized spacial score (nSPS) is 4.00. The van der Waals surface area contributed by atoms with Crippen molar-refractivity contribution in [2.45, 2.75) is 0 Å². The minimum absolute atomic E-state index is 0. The van der Waals surface area contributed by atoms with Gasteiger partial charge in [-0.15, -0.1) is 0 Å². The first-order valence-corrected chi connectivity index (χ1v) is 1.22. The van der Waals surface area contributed by atoms with Gasteiger partial charge in [0.2, 0.25) is 0 Å².